The largest absolute Gasteiger partial charge is 0.397 e. The number of nitrogens with two attached hydrogens (primary N) is 1. The van der Waals surface area contributed by atoms with Crippen molar-refractivity contribution in [3.8, 4) is 0 Å². The minimum atomic E-state index is -0.358. The van der Waals surface area contributed by atoms with E-state index >= 15 is 0 Å². The molecule has 2 amide bonds. The van der Waals surface area contributed by atoms with Crippen molar-refractivity contribution in [2.24, 2.45) is 0 Å². The highest BCUT2D eigenvalue weighted by Crippen LogP contribution is 2.29. The lowest BCUT2D eigenvalue weighted by Crippen LogP contribution is -2.36. The number of likely N-dealkylation sites (N-methyl/N-ethyl adjacent to an activating group) is 2. The number of hydrogen-bond acceptors (Lipinski definition) is 3. The molecule has 1 rings (SSSR count). The molecule has 0 atom stereocenters. The van der Waals surface area contributed by atoms with Gasteiger partial charge in [-0.25, -0.2) is 0 Å². The van der Waals surface area contributed by atoms with E-state index in [-0.39, 0.29) is 39.7 Å². The highest BCUT2D eigenvalue weighted by atomic mass is 35.5. The van der Waals surface area contributed by atoms with Gasteiger partial charge in [-0.05, 0) is 12.1 Å². The molecular weight excluding hydrogens is 277 g/mol. The average molecular weight is 290 g/mol. The van der Waals surface area contributed by atoms with E-state index in [9.17, 15) is 9.59 Å². The fraction of sp³-hybridized carbons (Fsp3) is 0.273. The van der Waals surface area contributed by atoms with Gasteiger partial charge < -0.3 is 16.0 Å². The third-order valence-corrected chi connectivity index (χ3v) is 3.13. The molecule has 0 heterocycles. The highest BCUT2D eigenvalue weighted by Gasteiger charge is 2.16. The number of rotatable bonds is 3. The fourth-order valence-corrected chi connectivity index (χ4v) is 1.66. The smallest absolute Gasteiger partial charge is 0.254 e. The van der Waals surface area contributed by atoms with Gasteiger partial charge in [0.25, 0.3) is 5.91 Å². The van der Waals surface area contributed by atoms with Gasteiger partial charge in [-0.1, -0.05) is 23.2 Å². The van der Waals surface area contributed by atoms with E-state index in [1.165, 1.54) is 31.1 Å². The summed E-state index contributed by atoms with van der Waals surface area (Å²) in [6.07, 6.45) is 0. The predicted molar refractivity (Wildman–Crippen MR) is 71.9 cm³/mol. The van der Waals surface area contributed by atoms with Crippen LogP contribution in [0.15, 0.2) is 12.1 Å². The Labute approximate surface area is 115 Å². The number of nitrogen functional groups attached to an aromatic ring is 1. The summed E-state index contributed by atoms with van der Waals surface area (Å²) in [7, 11) is 3.01. The second kappa shape index (κ2) is 5.93. The second-order valence-corrected chi connectivity index (χ2v) is 4.48. The monoisotopic (exact) mass is 289 g/mol. The standard InChI is InChI=1S/C11H13Cl2N3O2/c1-15-9(17)5-16(2)11(18)6-3-7(12)10(13)8(14)4-6/h3-4H,5,14H2,1-2H3,(H,15,17). The summed E-state index contributed by atoms with van der Waals surface area (Å²) in [6, 6.07) is 2.85. The molecule has 7 heteroatoms. The van der Waals surface area contributed by atoms with Gasteiger partial charge in [0.2, 0.25) is 5.91 Å². The number of carbonyl (C=O) groups excluding carboxylic acids is 2. The third-order valence-electron chi connectivity index (χ3n) is 2.31. The minimum Gasteiger partial charge on any atom is -0.397 e. The third kappa shape index (κ3) is 3.27. The Kier molecular flexibility index (Phi) is 4.81. The summed E-state index contributed by atoms with van der Waals surface area (Å²) < 4.78 is 0. The first-order chi connectivity index (χ1) is 8.36. The van der Waals surface area contributed by atoms with Crippen molar-refractivity contribution in [1.29, 1.82) is 0 Å². The topological polar surface area (TPSA) is 75.4 Å². The van der Waals surface area contributed by atoms with Crippen LogP contribution in [0.25, 0.3) is 0 Å². The molecule has 0 saturated carbocycles. The Morgan fingerprint density at radius 1 is 1.39 bits per heavy atom. The lowest BCUT2D eigenvalue weighted by Gasteiger charge is -2.16. The Morgan fingerprint density at radius 3 is 2.50 bits per heavy atom. The predicted octanol–water partition coefficient (Wildman–Crippen LogP) is 1.39. The molecule has 0 radical (unpaired) electrons. The molecule has 5 nitrogen and oxygen atoms in total. The van der Waals surface area contributed by atoms with E-state index in [1.54, 1.807) is 0 Å². The van der Waals surface area contributed by atoms with Gasteiger partial charge >= 0.3 is 0 Å². The number of carbonyl (C=O) groups is 2. The van der Waals surface area contributed by atoms with Crippen molar-refractivity contribution in [3.63, 3.8) is 0 Å². The molecule has 98 valence electrons. The maximum absolute atomic E-state index is 12.0. The van der Waals surface area contributed by atoms with Crippen LogP contribution in [0, 0.1) is 0 Å². The van der Waals surface area contributed by atoms with E-state index in [1.807, 2.05) is 0 Å². The summed E-state index contributed by atoms with van der Waals surface area (Å²) in [6.45, 7) is -0.0461. The van der Waals surface area contributed by atoms with Gasteiger partial charge in [0.15, 0.2) is 0 Å². The molecule has 0 aliphatic heterocycles. The van der Waals surface area contributed by atoms with Crippen molar-refractivity contribution in [3.05, 3.63) is 27.7 Å². The van der Waals surface area contributed by atoms with Crippen molar-refractivity contribution in [1.82, 2.24) is 10.2 Å². The lowest BCUT2D eigenvalue weighted by atomic mass is 10.2. The zero-order valence-electron chi connectivity index (χ0n) is 9.96. The summed E-state index contributed by atoms with van der Waals surface area (Å²) >= 11 is 11.6. The quantitative estimate of drug-likeness (QED) is 0.826. The molecule has 0 aliphatic rings. The average Bonchev–Trinajstić information content (AvgIpc) is 2.33. The molecule has 1 aromatic rings. The van der Waals surface area contributed by atoms with Crippen LogP contribution in [-0.4, -0.2) is 37.4 Å². The van der Waals surface area contributed by atoms with Gasteiger partial charge in [-0.2, -0.15) is 0 Å². The molecule has 0 fully saturated rings. The molecule has 0 bridgehead atoms. The fourth-order valence-electron chi connectivity index (χ4n) is 1.32. The van der Waals surface area contributed by atoms with Gasteiger partial charge in [0, 0.05) is 19.7 Å². The van der Waals surface area contributed by atoms with Crippen LogP contribution in [0.5, 0.6) is 0 Å². The molecule has 1 aromatic carbocycles. The first-order valence-electron chi connectivity index (χ1n) is 5.07. The van der Waals surface area contributed by atoms with E-state index < -0.39 is 0 Å². The first kappa shape index (κ1) is 14.6. The number of nitrogens with one attached hydrogen (secondary N) is 1. The number of nitrogens with zero attached hydrogens (tertiary/aromatic N) is 1. The lowest BCUT2D eigenvalue weighted by molar-refractivity contribution is -0.121. The summed E-state index contributed by atoms with van der Waals surface area (Å²) in [4.78, 5) is 24.4. The number of amides is 2. The van der Waals surface area contributed by atoms with Gasteiger partial charge in [0.05, 0.1) is 22.3 Å². The maximum Gasteiger partial charge on any atom is 0.254 e. The van der Waals surface area contributed by atoms with Crippen LogP contribution in [0.1, 0.15) is 10.4 Å². The van der Waals surface area contributed by atoms with Gasteiger partial charge in [0.1, 0.15) is 0 Å². The molecule has 0 aliphatic carbocycles. The Balaban J connectivity index is 2.94. The van der Waals surface area contributed by atoms with Crippen molar-refractivity contribution in [2.45, 2.75) is 0 Å². The van der Waals surface area contributed by atoms with Crippen molar-refractivity contribution < 1.29 is 9.59 Å². The Morgan fingerprint density at radius 2 is 2.00 bits per heavy atom. The number of halogens is 2. The van der Waals surface area contributed by atoms with E-state index in [0.29, 0.717) is 0 Å². The van der Waals surface area contributed by atoms with Crippen LogP contribution < -0.4 is 11.1 Å². The summed E-state index contributed by atoms with van der Waals surface area (Å²) in [5.74, 6) is -0.622. The summed E-state index contributed by atoms with van der Waals surface area (Å²) in [5.41, 5.74) is 6.13. The van der Waals surface area contributed by atoms with Crippen LogP contribution in [0.3, 0.4) is 0 Å². The molecule has 0 unspecified atom stereocenters. The molecular formula is C11H13Cl2N3O2. The molecule has 0 spiro atoms. The Hall–Kier alpha value is -1.46. The second-order valence-electron chi connectivity index (χ2n) is 3.70. The zero-order chi connectivity index (χ0) is 13.9. The molecule has 0 saturated heterocycles. The molecule has 0 aromatic heterocycles. The van der Waals surface area contributed by atoms with E-state index in [4.69, 9.17) is 28.9 Å². The van der Waals surface area contributed by atoms with Gasteiger partial charge in [-0.15, -0.1) is 0 Å². The van der Waals surface area contributed by atoms with Crippen molar-refractivity contribution in [2.75, 3.05) is 26.4 Å². The normalized spacial score (nSPS) is 10.0. The van der Waals surface area contributed by atoms with Crippen LogP contribution in [0.4, 0.5) is 5.69 Å². The number of anilines is 1. The van der Waals surface area contributed by atoms with E-state index in [2.05, 4.69) is 5.32 Å². The van der Waals surface area contributed by atoms with Gasteiger partial charge in [-0.3, -0.25) is 9.59 Å². The van der Waals surface area contributed by atoms with Crippen LogP contribution in [0.2, 0.25) is 10.0 Å². The highest BCUT2D eigenvalue weighted by molar-refractivity contribution is 6.43. The Bertz CT molecular complexity index is 468. The minimum absolute atomic E-state index is 0.0461. The van der Waals surface area contributed by atoms with Crippen LogP contribution >= 0.6 is 23.2 Å². The molecule has 3 N–H and O–H groups in total. The maximum atomic E-state index is 12.0. The number of hydrogen-bond donors (Lipinski definition) is 2. The van der Waals surface area contributed by atoms with Crippen molar-refractivity contribution >= 4 is 40.7 Å². The molecule has 18 heavy (non-hydrogen) atoms. The zero-order valence-corrected chi connectivity index (χ0v) is 11.5. The SMILES string of the molecule is CNC(=O)CN(C)C(=O)c1cc(N)c(Cl)c(Cl)c1. The summed E-state index contributed by atoms with van der Waals surface area (Å²) in [5, 5.41) is 2.84. The van der Waals surface area contributed by atoms with E-state index in [0.717, 1.165) is 0 Å². The first-order valence-corrected chi connectivity index (χ1v) is 5.83. The number of benzene rings is 1. The van der Waals surface area contributed by atoms with Crippen LogP contribution in [-0.2, 0) is 4.79 Å².